The first-order valence-corrected chi connectivity index (χ1v) is 27.6. The van der Waals surface area contributed by atoms with Crippen molar-refractivity contribution in [1.29, 1.82) is 0 Å². The summed E-state index contributed by atoms with van der Waals surface area (Å²) in [7, 11) is 0. The zero-order chi connectivity index (χ0) is 77.2. The van der Waals surface area contributed by atoms with E-state index < -0.39 is 185 Å². The van der Waals surface area contributed by atoms with Gasteiger partial charge in [-0.25, -0.2) is 19.8 Å². The highest BCUT2D eigenvalue weighted by molar-refractivity contribution is 7.27. The van der Waals surface area contributed by atoms with Crippen LogP contribution in [0.25, 0.3) is 168 Å². The fourth-order valence-corrected chi connectivity index (χ4v) is 14.1. The maximum absolute atomic E-state index is 10.2. The minimum atomic E-state index is -0.847. The van der Waals surface area contributed by atoms with Crippen LogP contribution >= 0.6 is 22.7 Å². The van der Waals surface area contributed by atoms with Gasteiger partial charge in [0.1, 0.15) is 0 Å². The van der Waals surface area contributed by atoms with Crippen LogP contribution in [0.2, 0.25) is 0 Å². The smallest absolute Gasteiger partial charge is 0.213 e. The first kappa shape index (κ1) is 29.2. The van der Waals surface area contributed by atoms with E-state index in [2.05, 4.69) is 9.83 Å². The molecule has 0 atom stereocenters. The Morgan fingerprint density at radius 1 is 0.357 bits per heavy atom. The number of hydrogen-bond donors (Lipinski definition) is 0. The van der Waals surface area contributed by atoms with Gasteiger partial charge >= 0.3 is 0 Å². The van der Waals surface area contributed by atoms with Crippen molar-refractivity contribution in [1.82, 2.24) is 24.1 Å². The van der Waals surface area contributed by atoms with Crippen LogP contribution < -0.4 is 0 Å². The first-order valence-electron chi connectivity index (χ1n) is 38.5. The lowest BCUT2D eigenvalue weighted by molar-refractivity contribution is 1.07. The van der Waals surface area contributed by atoms with Crippen molar-refractivity contribution in [2.45, 2.75) is 0 Å². The summed E-state index contributed by atoms with van der Waals surface area (Å²) in [5, 5.41) is 4.98. The minimum absolute atomic E-state index is 0.0586. The van der Waals surface area contributed by atoms with E-state index in [4.69, 9.17) is 30.5 Å². The summed E-state index contributed by atoms with van der Waals surface area (Å²) in [5.74, 6) is -2.08. The number of para-hydroxylation sites is 1. The maximum Gasteiger partial charge on any atom is 0.213 e. The van der Waals surface area contributed by atoms with E-state index in [1.807, 2.05) is 48.5 Å². The quantitative estimate of drug-likeness (QED) is 0.143. The molecule has 0 aliphatic carbocycles. The molecule has 0 fully saturated rings. The molecule has 0 aliphatic rings. The fourth-order valence-electron chi connectivity index (χ4n) is 11.6. The standard InChI is InChI=1S/C76H44N6S2/c1-77-60-45-59(76-79-74(49-27-13-5-14-28-49)78-75(80-76)50-29-15-6-16-30-50)67(48-25-11-4-12-26-48)71(82-61-33-19-17-32-56(61)68-63(82)40-37-54-53-31-18-20-34-65(53)83-72(54)68)70(60)81-62-39-35-51(46-21-7-2-8-22-46)44-58(62)69-64(81)41-38-55-57-43-52(47-23-9-3-10-24-47)36-42-66(57)84-73(55)69/h2-45H/i2D,3D,4D,5D,6D,7D,8D,9D,10D,11D,12D,13D,14D,15D,16D,21D,22D,23D,24D,25D,26D,27D,28D,29D,30D. The van der Waals surface area contributed by atoms with Gasteiger partial charge in [-0.15, -0.1) is 22.7 Å². The summed E-state index contributed by atoms with van der Waals surface area (Å²) >= 11 is 2.79. The molecule has 84 heavy (non-hydrogen) atoms. The Hall–Kier alpha value is -10.8. The second-order valence-corrected chi connectivity index (χ2v) is 21.5. The van der Waals surface area contributed by atoms with Crippen molar-refractivity contribution < 1.29 is 34.3 Å². The van der Waals surface area contributed by atoms with Gasteiger partial charge in [0.15, 0.2) is 17.5 Å². The Balaban J connectivity index is 1.12. The van der Waals surface area contributed by atoms with Crippen molar-refractivity contribution in [2.24, 2.45) is 0 Å². The molecule has 0 bridgehead atoms. The molecule has 5 aromatic heterocycles. The molecule has 17 aromatic rings. The van der Waals surface area contributed by atoms with Gasteiger partial charge in [-0.2, -0.15) is 0 Å². The molecule has 6 nitrogen and oxygen atoms in total. The number of aromatic nitrogens is 5. The van der Waals surface area contributed by atoms with Crippen LogP contribution in [0.3, 0.4) is 0 Å². The van der Waals surface area contributed by atoms with Crippen molar-refractivity contribution >= 4 is 112 Å². The number of benzene rings is 12. The van der Waals surface area contributed by atoms with Crippen LogP contribution in [0, 0.1) is 6.57 Å². The Morgan fingerprint density at radius 3 is 1.42 bits per heavy atom. The summed E-state index contributed by atoms with van der Waals surface area (Å²) in [4.78, 5) is 18.7. The number of fused-ring (bicyclic) bond motifs is 14. The molecule has 0 saturated carbocycles. The zero-order valence-electron chi connectivity index (χ0n) is 68.0. The van der Waals surface area contributed by atoms with Gasteiger partial charge in [-0.1, -0.05) is 212 Å². The van der Waals surface area contributed by atoms with Crippen molar-refractivity contribution in [3.8, 4) is 78.9 Å². The monoisotopic (exact) mass is 1130 g/mol. The molecule has 0 aliphatic heterocycles. The lowest BCUT2D eigenvalue weighted by atomic mass is 9.93. The van der Waals surface area contributed by atoms with Gasteiger partial charge in [0.25, 0.3) is 0 Å². The summed E-state index contributed by atoms with van der Waals surface area (Å²) in [5.41, 5.74) is -1.41. The predicted octanol–water partition coefficient (Wildman–Crippen LogP) is 21.4. The van der Waals surface area contributed by atoms with Gasteiger partial charge in [-0.3, -0.25) is 0 Å². The minimum Gasteiger partial charge on any atom is -0.317 e. The van der Waals surface area contributed by atoms with E-state index >= 15 is 0 Å². The number of rotatable bonds is 8. The topological polar surface area (TPSA) is 52.9 Å². The Kier molecular flexibility index (Phi) is 6.67. The van der Waals surface area contributed by atoms with E-state index in [1.165, 1.54) is 28.7 Å². The molecular weight excluding hydrogens is 1060 g/mol. The van der Waals surface area contributed by atoms with Crippen molar-refractivity contribution in [2.75, 3.05) is 0 Å². The van der Waals surface area contributed by atoms with E-state index in [9.17, 15) is 20.3 Å². The van der Waals surface area contributed by atoms with Crippen LogP contribution in [0.5, 0.6) is 0 Å². The highest BCUT2D eigenvalue weighted by Crippen LogP contribution is 2.53. The molecule has 0 saturated heterocycles. The van der Waals surface area contributed by atoms with Crippen LogP contribution in [-0.4, -0.2) is 24.1 Å². The van der Waals surface area contributed by atoms with Crippen molar-refractivity contribution in [3.63, 3.8) is 0 Å². The van der Waals surface area contributed by atoms with Gasteiger partial charge in [-0.05, 0) is 82.4 Å². The number of hydrogen-bond acceptors (Lipinski definition) is 5. The lowest BCUT2D eigenvalue weighted by Crippen LogP contribution is -2.09. The molecule has 0 N–H and O–H groups in total. The van der Waals surface area contributed by atoms with E-state index in [1.54, 1.807) is 69.8 Å². The number of thiophene rings is 2. The van der Waals surface area contributed by atoms with Crippen molar-refractivity contribution in [3.05, 3.63) is 278 Å². The van der Waals surface area contributed by atoms with Crippen LogP contribution in [0.1, 0.15) is 34.3 Å². The van der Waals surface area contributed by atoms with Crippen LogP contribution in [-0.2, 0) is 0 Å². The van der Waals surface area contributed by atoms with Gasteiger partial charge in [0.05, 0.1) is 74.3 Å². The molecule has 17 rings (SSSR count). The maximum atomic E-state index is 10.2. The van der Waals surface area contributed by atoms with Gasteiger partial charge < -0.3 is 9.13 Å². The second-order valence-electron chi connectivity index (χ2n) is 19.4. The summed E-state index contributed by atoms with van der Waals surface area (Å²) in [6.45, 7) is 9.67. The summed E-state index contributed by atoms with van der Waals surface area (Å²) in [6.07, 6.45) is 0. The fraction of sp³-hybridized carbons (Fsp3) is 0. The predicted molar refractivity (Wildman–Crippen MR) is 353 cm³/mol. The first-order chi connectivity index (χ1) is 52.0. The summed E-state index contributed by atoms with van der Waals surface area (Å²) in [6, 6.07) is 15.6. The summed E-state index contributed by atoms with van der Waals surface area (Å²) < 4.78 is 233. The molecule has 8 heteroatoms. The molecule has 5 heterocycles. The average molecular weight is 1130 g/mol. The van der Waals surface area contributed by atoms with Gasteiger partial charge in [0.2, 0.25) is 5.69 Å². The molecular formula is C76H44N6S2. The third kappa shape index (κ3) is 7.43. The normalized spacial score (nSPS) is 16.0. The Bertz CT molecular complexity index is 6930. The third-order valence-corrected chi connectivity index (χ3v) is 17.4. The largest absolute Gasteiger partial charge is 0.317 e. The van der Waals surface area contributed by atoms with Gasteiger partial charge in [0, 0.05) is 84.1 Å². The molecule has 0 amide bonds. The molecule has 0 radical (unpaired) electrons. The highest BCUT2D eigenvalue weighted by atomic mass is 32.1. The molecule has 0 unspecified atom stereocenters. The molecule has 0 spiro atoms. The highest BCUT2D eigenvalue weighted by Gasteiger charge is 2.31. The zero-order valence-corrected chi connectivity index (χ0v) is 44.6. The number of nitrogens with zero attached hydrogens (tertiary/aromatic N) is 6. The Morgan fingerprint density at radius 2 is 0.810 bits per heavy atom. The van der Waals surface area contributed by atoms with Crippen LogP contribution in [0.15, 0.2) is 266 Å². The lowest BCUT2D eigenvalue weighted by Gasteiger charge is -2.25. The average Bonchev–Trinajstić information content (AvgIpc) is 1.56. The van der Waals surface area contributed by atoms with Crippen LogP contribution in [0.4, 0.5) is 5.69 Å². The molecule has 12 aromatic carbocycles. The molecule has 390 valence electrons. The van der Waals surface area contributed by atoms with E-state index in [-0.39, 0.29) is 50.4 Å². The Labute approximate surface area is 525 Å². The van der Waals surface area contributed by atoms with E-state index in [0.717, 1.165) is 20.2 Å². The second kappa shape index (κ2) is 19.2. The van der Waals surface area contributed by atoms with E-state index in [0.29, 0.717) is 63.8 Å². The SMILES string of the molecule is [2H]c1c([2H])c([2H])c(-c2ccc3sc4c(ccc5c4c4cc(-c6c([2H])c([2H])c([2H])c([2H])c6[2H])ccc4n5-c4c([N+]#[C-])cc(-c5nc(-c6c([2H])c([2H])c([2H])c([2H])c6[2H])nc(-c6c([2H])c([2H])c([2H])c([2H])c6[2H])n5)c(-c5c([2H])c([2H])c([2H])c([2H])c5[2H])c4-n4c5ccccc5c5c6sc7ccccc7c6ccc54)c3c2)c([2H])c1[2H]. The third-order valence-electron chi connectivity index (χ3n) is 15.0.